The van der Waals surface area contributed by atoms with E-state index in [1.165, 1.54) is 16.7 Å². The Kier molecular flexibility index (Phi) is 7.83. The van der Waals surface area contributed by atoms with E-state index in [2.05, 4.69) is 5.32 Å². The van der Waals surface area contributed by atoms with Crippen molar-refractivity contribution in [3.8, 4) is 0 Å². The first-order chi connectivity index (χ1) is 9.18. The van der Waals surface area contributed by atoms with Gasteiger partial charge in [-0.25, -0.2) is 0 Å². The molecule has 0 rings (SSSR count). The number of carbonyl (C=O) groups is 3. The second kappa shape index (κ2) is 8.52. The number of rotatable bonds is 8. The van der Waals surface area contributed by atoms with Crippen LogP contribution in [0.1, 0.15) is 27.7 Å². The number of carboxylic acid groups (broad SMARTS) is 1. The van der Waals surface area contributed by atoms with Gasteiger partial charge in [0.25, 0.3) is 0 Å². The van der Waals surface area contributed by atoms with E-state index in [9.17, 15) is 14.4 Å². The van der Waals surface area contributed by atoms with Crippen LogP contribution >= 0.6 is 0 Å². The predicted octanol–water partition coefficient (Wildman–Crippen LogP) is -0.236. The molecule has 1 atom stereocenters. The summed E-state index contributed by atoms with van der Waals surface area (Å²) in [4.78, 5) is 37.4. The van der Waals surface area contributed by atoms with Crippen LogP contribution in [0.5, 0.6) is 0 Å². The van der Waals surface area contributed by atoms with E-state index in [1.807, 2.05) is 13.8 Å². The maximum atomic E-state index is 12.0. The molecule has 0 aromatic carbocycles. The number of carbonyl (C=O) groups excluding carboxylic acids is 2. The van der Waals surface area contributed by atoms with Crippen molar-refractivity contribution < 1.29 is 19.5 Å². The lowest BCUT2D eigenvalue weighted by Gasteiger charge is -2.26. The largest absolute Gasteiger partial charge is 0.480 e. The summed E-state index contributed by atoms with van der Waals surface area (Å²) in [5.74, 6) is -1.47. The molecule has 116 valence electrons. The van der Waals surface area contributed by atoms with Crippen LogP contribution in [0.25, 0.3) is 0 Å². The highest BCUT2D eigenvalue weighted by Gasteiger charge is 2.22. The van der Waals surface area contributed by atoms with Gasteiger partial charge in [-0.2, -0.15) is 0 Å². The van der Waals surface area contributed by atoms with Crippen molar-refractivity contribution in [1.82, 2.24) is 15.1 Å². The van der Waals surface area contributed by atoms with Gasteiger partial charge in [0.1, 0.15) is 6.04 Å². The van der Waals surface area contributed by atoms with Crippen LogP contribution in [-0.2, 0) is 14.4 Å². The molecule has 20 heavy (non-hydrogen) atoms. The summed E-state index contributed by atoms with van der Waals surface area (Å²) in [6.07, 6.45) is 0. The molecule has 0 aliphatic rings. The van der Waals surface area contributed by atoms with Crippen LogP contribution in [0.2, 0.25) is 0 Å². The lowest BCUT2D eigenvalue weighted by Crippen LogP contribution is -2.48. The van der Waals surface area contributed by atoms with Gasteiger partial charge < -0.3 is 15.3 Å². The zero-order chi connectivity index (χ0) is 15.9. The first kappa shape index (κ1) is 18.4. The molecule has 1 unspecified atom stereocenters. The third-order valence-electron chi connectivity index (χ3n) is 2.92. The van der Waals surface area contributed by atoms with Crippen molar-refractivity contribution in [3.05, 3.63) is 0 Å². The average Bonchev–Trinajstić information content (AvgIpc) is 2.33. The number of nitrogens with zero attached hydrogens (tertiary/aromatic N) is 2. The number of aliphatic carboxylic acids is 1. The normalized spacial score (nSPS) is 12.3. The topological polar surface area (TPSA) is 90.0 Å². The van der Waals surface area contributed by atoms with E-state index in [1.54, 1.807) is 14.0 Å². The molecule has 0 bridgehead atoms. The van der Waals surface area contributed by atoms with Crippen molar-refractivity contribution in [1.29, 1.82) is 0 Å². The summed E-state index contributed by atoms with van der Waals surface area (Å²) in [6, 6.07) is -0.729. The number of hydrogen-bond donors (Lipinski definition) is 2. The first-order valence-electron chi connectivity index (χ1n) is 6.69. The van der Waals surface area contributed by atoms with Crippen LogP contribution in [0.15, 0.2) is 0 Å². The van der Waals surface area contributed by atoms with E-state index in [0.29, 0.717) is 6.54 Å². The Morgan fingerprint density at radius 2 is 1.70 bits per heavy atom. The van der Waals surface area contributed by atoms with Gasteiger partial charge in [-0.15, -0.1) is 0 Å². The summed E-state index contributed by atoms with van der Waals surface area (Å²) < 4.78 is 0. The second-order valence-corrected chi connectivity index (χ2v) is 5.06. The standard InChI is InChI=1S/C13H25N3O4/c1-6-16(7-11(17)14-9(2)3)12(18)8-15(5)10(4)13(19)20/h9-10H,6-8H2,1-5H3,(H,14,17)(H,19,20). The Morgan fingerprint density at radius 3 is 2.10 bits per heavy atom. The SMILES string of the molecule is CCN(CC(=O)NC(C)C)C(=O)CN(C)C(C)C(=O)O. The first-order valence-corrected chi connectivity index (χ1v) is 6.69. The summed E-state index contributed by atoms with van der Waals surface area (Å²) in [5.41, 5.74) is 0. The van der Waals surface area contributed by atoms with Crippen molar-refractivity contribution in [2.75, 3.05) is 26.7 Å². The maximum absolute atomic E-state index is 12.0. The lowest BCUT2D eigenvalue weighted by molar-refractivity contribution is -0.144. The highest BCUT2D eigenvalue weighted by atomic mass is 16.4. The fraction of sp³-hybridized carbons (Fsp3) is 0.769. The van der Waals surface area contributed by atoms with Crippen molar-refractivity contribution in [2.45, 2.75) is 39.8 Å². The minimum Gasteiger partial charge on any atom is -0.480 e. The minimum absolute atomic E-state index is 0.0111. The summed E-state index contributed by atoms with van der Waals surface area (Å²) in [6.45, 7) is 7.34. The van der Waals surface area contributed by atoms with Crippen LogP contribution in [0, 0.1) is 0 Å². The van der Waals surface area contributed by atoms with Gasteiger partial charge in [-0.1, -0.05) is 0 Å². The van der Waals surface area contributed by atoms with Crippen LogP contribution in [0.3, 0.4) is 0 Å². The molecule has 0 aliphatic heterocycles. The highest BCUT2D eigenvalue weighted by molar-refractivity contribution is 5.86. The highest BCUT2D eigenvalue weighted by Crippen LogP contribution is 1.99. The van der Waals surface area contributed by atoms with Crippen LogP contribution < -0.4 is 5.32 Å². The molecule has 0 spiro atoms. The molecule has 7 nitrogen and oxygen atoms in total. The zero-order valence-electron chi connectivity index (χ0n) is 12.8. The van der Waals surface area contributed by atoms with Crippen molar-refractivity contribution >= 4 is 17.8 Å². The van der Waals surface area contributed by atoms with Crippen LogP contribution in [-0.4, -0.2) is 71.5 Å². The predicted molar refractivity (Wildman–Crippen MR) is 75.3 cm³/mol. The Hall–Kier alpha value is -1.63. The van der Waals surface area contributed by atoms with Crippen LogP contribution in [0.4, 0.5) is 0 Å². The third-order valence-corrected chi connectivity index (χ3v) is 2.92. The molecular weight excluding hydrogens is 262 g/mol. The number of hydrogen-bond acceptors (Lipinski definition) is 4. The molecule has 0 aromatic heterocycles. The number of likely N-dealkylation sites (N-methyl/N-ethyl adjacent to an activating group) is 2. The fourth-order valence-electron chi connectivity index (χ4n) is 1.56. The van der Waals surface area contributed by atoms with E-state index in [4.69, 9.17) is 5.11 Å². The van der Waals surface area contributed by atoms with Gasteiger partial charge in [0, 0.05) is 12.6 Å². The van der Waals surface area contributed by atoms with Gasteiger partial charge in [-0.05, 0) is 34.7 Å². The summed E-state index contributed by atoms with van der Waals surface area (Å²) in [7, 11) is 1.57. The molecule has 0 saturated heterocycles. The molecule has 0 fully saturated rings. The lowest BCUT2D eigenvalue weighted by atomic mass is 10.3. The molecule has 0 heterocycles. The third kappa shape index (κ3) is 6.51. The Balaban J connectivity index is 4.48. The van der Waals surface area contributed by atoms with Crippen molar-refractivity contribution in [3.63, 3.8) is 0 Å². The van der Waals surface area contributed by atoms with Gasteiger partial charge in [-0.3, -0.25) is 19.3 Å². The van der Waals surface area contributed by atoms with Gasteiger partial charge in [0.2, 0.25) is 11.8 Å². The second-order valence-electron chi connectivity index (χ2n) is 5.06. The summed E-state index contributed by atoms with van der Waals surface area (Å²) >= 11 is 0. The number of amides is 2. The van der Waals surface area contributed by atoms with Gasteiger partial charge in [0.15, 0.2) is 0 Å². The van der Waals surface area contributed by atoms with Gasteiger partial charge in [0.05, 0.1) is 13.1 Å². The smallest absolute Gasteiger partial charge is 0.320 e. The van der Waals surface area contributed by atoms with Crippen molar-refractivity contribution in [2.24, 2.45) is 0 Å². The average molecular weight is 287 g/mol. The maximum Gasteiger partial charge on any atom is 0.320 e. The number of nitrogens with one attached hydrogen (secondary N) is 1. The van der Waals surface area contributed by atoms with E-state index < -0.39 is 12.0 Å². The molecule has 0 aliphatic carbocycles. The zero-order valence-corrected chi connectivity index (χ0v) is 12.8. The Bertz CT molecular complexity index is 358. The molecule has 2 amide bonds. The van der Waals surface area contributed by atoms with E-state index >= 15 is 0 Å². The Labute approximate surface area is 119 Å². The fourth-order valence-corrected chi connectivity index (χ4v) is 1.56. The van der Waals surface area contributed by atoms with E-state index in [0.717, 1.165) is 0 Å². The number of carboxylic acids is 1. The minimum atomic E-state index is -0.985. The molecule has 0 radical (unpaired) electrons. The quantitative estimate of drug-likeness (QED) is 0.643. The van der Waals surface area contributed by atoms with E-state index in [-0.39, 0.29) is 30.9 Å². The molecular formula is C13H25N3O4. The summed E-state index contributed by atoms with van der Waals surface area (Å²) in [5, 5.41) is 11.6. The molecule has 0 saturated carbocycles. The molecule has 0 aromatic rings. The molecule has 2 N–H and O–H groups in total. The monoisotopic (exact) mass is 287 g/mol. The van der Waals surface area contributed by atoms with Gasteiger partial charge >= 0.3 is 5.97 Å². The Morgan fingerprint density at radius 1 is 1.15 bits per heavy atom. The molecule has 7 heteroatoms.